The van der Waals surface area contributed by atoms with Crippen LogP contribution >= 0.6 is 23.2 Å². The molecule has 2 aliphatic heterocycles. The zero-order valence-electron chi connectivity index (χ0n) is 14.8. The standard InChI is InChI=1S/C20H20Cl2O6/c21-13-7-3-1-5-11(13)19-25-10-16-17(24)18(15(9-23)26-19)28-20(27-16)12-6-2-4-8-14(12)22/h1-8,15-20,23-24H,9-10H2/t15-,16+,17+,18+,19?,20?/m1/s1. The summed E-state index contributed by atoms with van der Waals surface area (Å²) in [5.74, 6) is 0. The molecule has 2 saturated heterocycles. The van der Waals surface area contributed by atoms with Gasteiger partial charge in [0.1, 0.15) is 24.4 Å². The van der Waals surface area contributed by atoms with Crippen LogP contribution in [0.4, 0.5) is 0 Å². The van der Waals surface area contributed by atoms with Crippen molar-refractivity contribution in [1.29, 1.82) is 0 Å². The second-order valence-electron chi connectivity index (χ2n) is 6.66. The zero-order chi connectivity index (χ0) is 19.7. The zero-order valence-corrected chi connectivity index (χ0v) is 16.3. The Morgan fingerprint density at radius 1 is 0.857 bits per heavy atom. The molecule has 4 rings (SSSR count). The van der Waals surface area contributed by atoms with Crippen molar-refractivity contribution in [3.8, 4) is 0 Å². The van der Waals surface area contributed by atoms with E-state index in [2.05, 4.69) is 0 Å². The molecule has 2 bridgehead atoms. The van der Waals surface area contributed by atoms with Gasteiger partial charge in [0.25, 0.3) is 0 Å². The number of benzene rings is 2. The van der Waals surface area contributed by atoms with Crippen molar-refractivity contribution in [1.82, 2.24) is 0 Å². The highest BCUT2D eigenvalue weighted by atomic mass is 35.5. The van der Waals surface area contributed by atoms with E-state index < -0.39 is 37.0 Å². The predicted octanol–water partition coefficient (Wildman–Crippen LogP) is 3.24. The van der Waals surface area contributed by atoms with E-state index in [1.807, 2.05) is 12.1 Å². The molecular weight excluding hydrogens is 407 g/mol. The third kappa shape index (κ3) is 3.92. The van der Waals surface area contributed by atoms with Gasteiger partial charge in [0.2, 0.25) is 0 Å². The molecule has 6 atom stereocenters. The summed E-state index contributed by atoms with van der Waals surface area (Å²) in [7, 11) is 0. The first kappa shape index (κ1) is 20.1. The number of aliphatic hydroxyl groups excluding tert-OH is 2. The van der Waals surface area contributed by atoms with Gasteiger partial charge < -0.3 is 29.2 Å². The average Bonchev–Trinajstić information content (AvgIpc) is 2.70. The number of ether oxygens (including phenoxy) is 4. The Morgan fingerprint density at radius 3 is 2.07 bits per heavy atom. The second-order valence-corrected chi connectivity index (χ2v) is 7.48. The molecule has 150 valence electrons. The van der Waals surface area contributed by atoms with Gasteiger partial charge in [-0.15, -0.1) is 0 Å². The van der Waals surface area contributed by atoms with Crippen molar-refractivity contribution in [3.05, 3.63) is 69.7 Å². The van der Waals surface area contributed by atoms with Crippen LogP contribution in [0.5, 0.6) is 0 Å². The first-order valence-corrected chi connectivity index (χ1v) is 9.70. The van der Waals surface area contributed by atoms with E-state index in [1.54, 1.807) is 36.4 Å². The van der Waals surface area contributed by atoms with Crippen molar-refractivity contribution in [2.24, 2.45) is 0 Å². The molecule has 2 aromatic carbocycles. The minimum Gasteiger partial charge on any atom is -0.394 e. The summed E-state index contributed by atoms with van der Waals surface area (Å²) < 4.78 is 23.7. The van der Waals surface area contributed by atoms with Crippen molar-refractivity contribution in [2.45, 2.75) is 37.0 Å². The van der Waals surface area contributed by atoms with Gasteiger partial charge in [0, 0.05) is 21.2 Å². The molecular formula is C20H20Cl2O6. The molecule has 6 nitrogen and oxygen atoms in total. The lowest BCUT2D eigenvalue weighted by Crippen LogP contribution is -2.57. The fourth-order valence-corrected chi connectivity index (χ4v) is 3.85. The fourth-order valence-electron chi connectivity index (χ4n) is 3.40. The topological polar surface area (TPSA) is 77.4 Å². The molecule has 0 aromatic heterocycles. The molecule has 0 amide bonds. The Balaban J connectivity index is 1.62. The minimum atomic E-state index is -1.04. The summed E-state index contributed by atoms with van der Waals surface area (Å²) >= 11 is 12.5. The van der Waals surface area contributed by atoms with Gasteiger partial charge in [-0.25, -0.2) is 0 Å². The SMILES string of the molecule is OC[C@H]1OC(c2ccccc2Cl)OC[C@@H]2OC(c3ccccc3Cl)O[C@@H]1[C@H]2O. The summed E-state index contributed by atoms with van der Waals surface area (Å²) in [5.41, 5.74) is 1.26. The fraction of sp³-hybridized carbons (Fsp3) is 0.400. The van der Waals surface area contributed by atoms with E-state index in [4.69, 9.17) is 42.1 Å². The maximum atomic E-state index is 10.7. The van der Waals surface area contributed by atoms with E-state index in [1.165, 1.54) is 0 Å². The van der Waals surface area contributed by atoms with Crippen LogP contribution in [0.3, 0.4) is 0 Å². The normalized spacial score (nSPS) is 33.1. The molecule has 2 heterocycles. The summed E-state index contributed by atoms with van der Waals surface area (Å²) in [5, 5.41) is 21.5. The molecule has 0 radical (unpaired) electrons. The van der Waals surface area contributed by atoms with Crippen molar-refractivity contribution < 1.29 is 29.2 Å². The Hall–Kier alpha value is -1.22. The number of hydrogen-bond acceptors (Lipinski definition) is 6. The van der Waals surface area contributed by atoms with Gasteiger partial charge in [-0.2, -0.15) is 0 Å². The van der Waals surface area contributed by atoms with Crippen molar-refractivity contribution in [3.63, 3.8) is 0 Å². The second kappa shape index (κ2) is 8.65. The molecule has 28 heavy (non-hydrogen) atoms. The average molecular weight is 427 g/mol. The maximum absolute atomic E-state index is 10.7. The van der Waals surface area contributed by atoms with Gasteiger partial charge >= 0.3 is 0 Å². The molecule has 0 spiro atoms. The smallest absolute Gasteiger partial charge is 0.186 e. The van der Waals surface area contributed by atoms with E-state index >= 15 is 0 Å². The van der Waals surface area contributed by atoms with Crippen molar-refractivity contribution in [2.75, 3.05) is 13.2 Å². The van der Waals surface area contributed by atoms with E-state index in [0.29, 0.717) is 21.2 Å². The Kier molecular flexibility index (Phi) is 6.20. The van der Waals surface area contributed by atoms with Crippen LogP contribution in [-0.2, 0) is 18.9 Å². The van der Waals surface area contributed by atoms with Crippen LogP contribution < -0.4 is 0 Å². The Bertz CT molecular complexity index is 773. The van der Waals surface area contributed by atoms with E-state index in [-0.39, 0.29) is 13.2 Å². The predicted molar refractivity (Wildman–Crippen MR) is 102 cm³/mol. The maximum Gasteiger partial charge on any atom is 0.186 e. The molecule has 0 aliphatic carbocycles. The summed E-state index contributed by atoms with van der Waals surface area (Å²) in [4.78, 5) is 0. The van der Waals surface area contributed by atoms with Gasteiger partial charge in [-0.05, 0) is 12.1 Å². The van der Waals surface area contributed by atoms with Crippen LogP contribution in [0.25, 0.3) is 0 Å². The summed E-state index contributed by atoms with van der Waals surface area (Å²) in [6, 6.07) is 14.3. The van der Waals surface area contributed by atoms with E-state index in [0.717, 1.165) is 0 Å². The number of aliphatic hydroxyl groups is 2. The number of fused-ring (bicyclic) bond motifs is 2. The van der Waals surface area contributed by atoms with Gasteiger partial charge in [0.15, 0.2) is 12.6 Å². The summed E-state index contributed by atoms with van der Waals surface area (Å²) in [6.45, 7) is -0.329. The third-order valence-corrected chi connectivity index (χ3v) is 5.56. The van der Waals surface area contributed by atoms with Crippen LogP contribution in [0, 0.1) is 0 Å². The third-order valence-electron chi connectivity index (χ3n) is 4.87. The lowest BCUT2D eigenvalue weighted by molar-refractivity contribution is -0.352. The lowest BCUT2D eigenvalue weighted by atomic mass is 10.00. The Morgan fingerprint density at radius 2 is 1.46 bits per heavy atom. The first-order chi connectivity index (χ1) is 13.6. The van der Waals surface area contributed by atoms with Gasteiger partial charge in [-0.3, -0.25) is 0 Å². The molecule has 2 aromatic rings. The van der Waals surface area contributed by atoms with Crippen LogP contribution in [0.2, 0.25) is 10.0 Å². The number of rotatable bonds is 3. The Labute approximate surface area is 172 Å². The first-order valence-electron chi connectivity index (χ1n) is 8.94. The molecule has 0 saturated carbocycles. The largest absolute Gasteiger partial charge is 0.394 e. The lowest BCUT2D eigenvalue weighted by Gasteiger charge is -2.45. The highest BCUT2D eigenvalue weighted by Gasteiger charge is 2.46. The molecule has 2 N–H and O–H groups in total. The highest BCUT2D eigenvalue weighted by molar-refractivity contribution is 6.31. The highest BCUT2D eigenvalue weighted by Crippen LogP contribution is 2.39. The molecule has 2 unspecified atom stereocenters. The van der Waals surface area contributed by atoms with Gasteiger partial charge in [0.05, 0.1) is 13.2 Å². The van der Waals surface area contributed by atoms with E-state index in [9.17, 15) is 10.2 Å². The minimum absolute atomic E-state index is 0.0516. The molecule has 2 aliphatic rings. The van der Waals surface area contributed by atoms with Crippen LogP contribution in [0.15, 0.2) is 48.5 Å². The number of hydrogen-bond donors (Lipinski definition) is 2. The monoisotopic (exact) mass is 426 g/mol. The van der Waals surface area contributed by atoms with Crippen molar-refractivity contribution >= 4 is 23.2 Å². The van der Waals surface area contributed by atoms with Gasteiger partial charge in [-0.1, -0.05) is 59.6 Å². The number of halogens is 2. The van der Waals surface area contributed by atoms with Crippen LogP contribution in [-0.4, -0.2) is 47.8 Å². The quantitative estimate of drug-likeness (QED) is 0.784. The van der Waals surface area contributed by atoms with Crippen LogP contribution in [0.1, 0.15) is 23.7 Å². The molecule has 8 heteroatoms. The molecule has 2 fully saturated rings. The summed E-state index contributed by atoms with van der Waals surface area (Å²) in [6.07, 6.45) is -5.06.